The van der Waals surface area contributed by atoms with Crippen molar-refractivity contribution in [2.45, 2.75) is 13.0 Å². The number of halogens is 1. The number of aromatic nitrogens is 2. The number of carboxylic acid groups (broad SMARTS) is 1. The molecule has 1 heterocycles. The Morgan fingerprint density at radius 1 is 1.73 bits per heavy atom. The van der Waals surface area contributed by atoms with Crippen LogP contribution in [-0.2, 0) is 13.6 Å². The van der Waals surface area contributed by atoms with Crippen molar-refractivity contribution in [3.05, 3.63) is 17.5 Å². The van der Waals surface area contributed by atoms with Gasteiger partial charge in [0.15, 0.2) is 5.69 Å². The summed E-state index contributed by atoms with van der Waals surface area (Å²) in [6, 6.07) is 1.50. The van der Waals surface area contributed by atoms with E-state index < -0.39 is 5.97 Å². The fourth-order valence-electron chi connectivity index (χ4n) is 1.18. The van der Waals surface area contributed by atoms with Crippen molar-refractivity contribution in [3.8, 4) is 0 Å². The number of aryl methyl sites for hydroxylation is 1. The summed E-state index contributed by atoms with van der Waals surface area (Å²) < 4.78 is 13.3. The number of nitrogens with zero attached hydrogens (tertiary/aromatic N) is 2. The molecule has 0 aliphatic rings. The normalized spacial score (nSPS) is 10.5. The summed E-state index contributed by atoms with van der Waals surface area (Å²) in [5, 5.41) is 15.5. The Morgan fingerprint density at radius 3 is 3.00 bits per heavy atom. The molecule has 84 valence electrons. The number of hydrogen-bond acceptors (Lipinski definition) is 3. The number of carboxylic acids is 1. The molecular formula is C9H14FN3O2. The van der Waals surface area contributed by atoms with Gasteiger partial charge in [0.1, 0.15) is 0 Å². The molecule has 1 aromatic rings. The maximum atomic E-state index is 11.8. The third kappa shape index (κ3) is 3.32. The van der Waals surface area contributed by atoms with E-state index in [2.05, 4.69) is 10.4 Å². The van der Waals surface area contributed by atoms with Crippen LogP contribution in [0.2, 0.25) is 0 Å². The van der Waals surface area contributed by atoms with Gasteiger partial charge in [-0.2, -0.15) is 5.10 Å². The first kappa shape index (κ1) is 11.6. The first-order valence-electron chi connectivity index (χ1n) is 4.68. The largest absolute Gasteiger partial charge is 0.476 e. The van der Waals surface area contributed by atoms with Gasteiger partial charge in [0, 0.05) is 13.6 Å². The van der Waals surface area contributed by atoms with E-state index in [0.717, 1.165) is 5.69 Å². The smallest absolute Gasteiger partial charge is 0.356 e. The predicted octanol–water partition coefficient (Wildman–Crippen LogP) is 0.567. The van der Waals surface area contributed by atoms with Crippen molar-refractivity contribution in [3.63, 3.8) is 0 Å². The summed E-state index contributed by atoms with van der Waals surface area (Å²) >= 11 is 0. The van der Waals surface area contributed by atoms with Crippen molar-refractivity contribution in [1.82, 2.24) is 15.1 Å². The number of hydrogen-bond donors (Lipinski definition) is 2. The van der Waals surface area contributed by atoms with E-state index in [1.807, 2.05) is 0 Å². The van der Waals surface area contributed by atoms with Crippen LogP contribution >= 0.6 is 0 Å². The Kier molecular flexibility index (Phi) is 4.23. The van der Waals surface area contributed by atoms with Crippen LogP contribution in [0.15, 0.2) is 6.07 Å². The molecule has 0 bridgehead atoms. The van der Waals surface area contributed by atoms with E-state index in [4.69, 9.17) is 5.11 Å². The zero-order valence-corrected chi connectivity index (χ0v) is 8.53. The second-order valence-corrected chi connectivity index (χ2v) is 3.17. The minimum atomic E-state index is -1.04. The molecule has 0 radical (unpaired) electrons. The molecule has 6 heteroatoms. The van der Waals surface area contributed by atoms with Crippen molar-refractivity contribution >= 4 is 5.97 Å². The van der Waals surface area contributed by atoms with Gasteiger partial charge in [0.25, 0.3) is 0 Å². The minimum Gasteiger partial charge on any atom is -0.476 e. The van der Waals surface area contributed by atoms with Gasteiger partial charge in [-0.25, -0.2) is 4.79 Å². The molecule has 15 heavy (non-hydrogen) atoms. The zero-order valence-electron chi connectivity index (χ0n) is 8.53. The average molecular weight is 215 g/mol. The Hall–Kier alpha value is -1.43. The van der Waals surface area contributed by atoms with Gasteiger partial charge in [-0.3, -0.25) is 9.07 Å². The zero-order chi connectivity index (χ0) is 11.3. The summed E-state index contributed by atoms with van der Waals surface area (Å²) in [4.78, 5) is 10.6. The highest BCUT2D eigenvalue weighted by atomic mass is 19.1. The van der Waals surface area contributed by atoms with E-state index in [-0.39, 0.29) is 12.4 Å². The summed E-state index contributed by atoms with van der Waals surface area (Å²) in [7, 11) is 1.68. The summed E-state index contributed by atoms with van der Waals surface area (Å²) in [6.45, 7) is 0.722. The van der Waals surface area contributed by atoms with E-state index in [0.29, 0.717) is 19.5 Å². The molecule has 2 N–H and O–H groups in total. The molecule has 0 aliphatic heterocycles. The van der Waals surface area contributed by atoms with E-state index in [1.54, 1.807) is 7.05 Å². The molecule has 0 aliphatic carbocycles. The summed E-state index contributed by atoms with van der Waals surface area (Å²) in [6.07, 6.45) is 0.462. The second kappa shape index (κ2) is 5.45. The highest BCUT2D eigenvalue weighted by molar-refractivity contribution is 5.85. The third-order valence-electron chi connectivity index (χ3n) is 1.99. The van der Waals surface area contributed by atoms with Crippen LogP contribution in [0, 0.1) is 0 Å². The number of carbonyl (C=O) groups is 1. The molecule has 0 amide bonds. The lowest BCUT2D eigenvalue weighted by Gasteiger charge is -2.02. The van der Waals surface area contributed by atoms with Crippen LogP contribution in [-0.4, -0.2) is 34.1 Å². The van der Waals surface area contributed by atoms with E-state index in [1.165, 1.54) is 10.7 Å². The van der Waals surface area contributed by atoms with Crippen molar-refractivity contribution in [1.29, 1.82) is 0 Å². The molecule has 0 aromatic carbocycles. The molecule has 1 rings (SSSR count). The Balaban J connectivity index is 2.50. The lowest BCUT2D eigenvalue weighted by molar-refractivity contribution is 0.0689. The SMILES string of the molecule is Cn1nc(C(=O)O)cc1CNCCCF. The number of alkyl halides is 1. The monoisotopic (exact) mass is 215 g/mol. The average Bonchev–Trinajstić information content (AvgIpc) is 2.55. The maximum absolute atomic E-state index is 11.8. The van der Waals surface area contributed by atoms with E-state index >= 15 is 0 Å². The Bertz CT molecular complexity index is 338. The fraction of sp³-hybridized carbons (Fsp3) is 0.556. The maximum Gasteiger partial charge on any atom is 0.356 e. The third-order valence-corrected chi connectivity index (χ3v) is 1.99. The molecule has 5 nitrogen and oxygen atoms in total. The lowest BCUT2D eigenvalue weighted by atomic mass is 10.3. The topological polar surface area (TPSA) is 67.2 Å². The van der Waals surface area contributed by atoms with Crippen LogP contribution < -0.4 is 5.32 Å². The molecule has 1 aromatic heterocycles. The summed E-state index contributed by atoms with van der Waals surface area (Å²) in [5.74, 6) is -1.04. The van der Waals surface area contributed by atoms with Gasteiger partial charge in [0.2, 0.25) is 0 Å². The van der Waals surface area contributed by atoms with Crippen LogP contribution in [0.25, 0.3) is 0 Å². The Morgan fingerprint density at radius 2 is 2.47 bits per heavy atom. The molecule has 0 unspecified atom stereocenters. The number of nitrogens with one attached hydrogen (secondary N) is 1. The van der Waals surface area contributed by atoms with Gasteiger partial charge in [-0.1, -0.05) is 0 Å². The van der Waals surface area contributed by atoms with Crippen molar-refractivity contribution < 1.29 is 14.3 Å². The molecule has 0 saturated heterocycles. The first-order valence-corrected chi connectivity index (χ1v) is 4.68. The summed E-state index contributed by atoms with van der Waals surface area (Å²) in [5.41, 5.74) is 0.797. The van der Waals surface area contributed by atoms with Crippen LogP contribution in [0.5, 0.6) is 0 Å². The highest BCUT2D eigenvalue weighted by Gasteiger charge is 2.10. The van der Waals surface area contributed by atoms with Crippen molar-refractivity contribution in [2.24, 2.45) is 7.05 Å². The van der Waals surface area contributed by atoms with Gasteiger partial charge < -0.3 is 10.4 Å². The molecule has 0 fully saturated rings. The van der Waals surface area contributed by atoms with Crippen LogP contribution in [0.3, 0.4) is 0 Å². The van der Waals surface area contributed by atoms with Gasteiger partial charge in [0.05, 0.1) is 12.4 Å². The first-order chi connectivity index (χ1) is 7.15. The van der Waals surface area contributed by atoms with E-state index in [9.17, 15) is 9.18 Å². The number of rotatable bonds is 6. The Labute approximate surface area is 86.9 Å². The lowest BCUT2D eigenvalue weighted by Crippen LogP contribution is -2.17. The number of aromatic carboxylic acids is 1. The standard InChI is InChI=1S/C9H14FN3O2/c1-13-7(6-11-4-2-3-10)5-8(12-13)9(14)15/h5,11H,2-4,6H2,1H3,(H,14,15). The van der Waals surface area contributed by atoms with Gasteiger partial charge >= 0.3 is 5.97 Å². The van der Waals surface area contributed by atoms with Gasteiger partial charge in [-0.15, -0.1) is 0 Å². The molecule has 0 saturated carbocycles. The molecule has 0 atom stereocenters. The van der Waals surface area contributed by atoms with Crippen LogP contribution in [0.4, 0.5) is 4.39 Å². The van der Waals surface area contributed by atoms with Crippen LogP contribution in [0.1, 0.15) is 22.6 Å². The highest BCUT2D eigenvalue weighted by Crippen LogP contribution is 2.02. The molecule has 0 spiro atoms. The molecular weight excluding hydrogens is 201 g/mol. The predicted molar refractivity (Wildman–Crippen MR) is 52.5 cm³/mol. The second-order valence-electron chi connectivity index (χ2n) is 3.17. The fourth-order valence-corrected chi connectivity index (χ4v) is 1.18. The van der Waals surface area contributed by atoms with Crippen molar-refractivity contribution in [2.75, 3.05) is 13.2 Å². The quantitative estimate of drug-likeness (QED) is 0.681. The van der Waals surface area contributed by atoms with Gasteiger partial charge in [-0.05, 0) is 19.0 Å². The minimum absolute atomic E-state index is 0.0276.